The standard InChI is InChI=1S/C13H14BO2P/c1-15-11-7-9-13(10-8-11)17(16-14)12-5-3-2-4-6-12/h2-10H,14H2,1H3/t17-/m1/s1. The summed E-state index contributed by atoms with van der Waals surface area (Å²) in [6, 6.07) is 18.3. The average molecular weight is 244 g/mol. The predicted octanol–water partition coefficient (Wildman–Crippen LogP) is 1.61. The summed E-state index contributed by atoms with van der Waals surface area (Å²) >= 11 is 0. The van der Waals surface area contributed by atoms with Crippen LogP contribution in [0.25, 0.3) is 0 Å². The summed E-state index contributed by atoms with van der Waals surface area (Å²) < 4.78 is 10.8. The van der Waals surface area contributed by atoms with Crippen molar-refractivity contribution in [3.8, 4) is 5.75 Å². The molecule has 0 amide bonds. The van der Waals surface area contributed by atoms with E-state index in [2.05, 4.69) is 24.3 Å². The molecule has 0 radical (unpaired) electrons. The molecule has 0 fully saturated rings. The average Bonchev–Trinajstić information content (AvgIpc) is 2.42. The van der Waals surface area contributed by atoms with Crippen molar-refractivity contribution < 1.29 is 9.18 Å². The molecular weight excluding hydrogens is 230 g/mol. The van der Waals surface area contributed by atoms with Crippen LogP contribution in [0.2, 0.25) is 0 Å². The van der Waals surface area contributed by atoms with Crippen LogP contribution in [0.1, 0.15) is 0 Å². The van der Waals surface area contributed by atoms with Crippen molar-refractivity contribution in [2.75, 3.05) is 7.11 Å². The Kier molecular flexibility index (Phi) is 4.19. The van der Waals surface area contributed by atoms with E-state index in [-0.39, 0.29) is 0 Å². The summed E-state index contributed by atoms with van der Waals surface area (Å²) in [4.78, 5) is 0. The monoisotopic (exact) mass is 244 g/mol. The van der Waals surface area contributed by atoms with Crippen molar-refractivity contribution in [1.82, 2.24) is 0 Å². The Labute approximate surface area is 104 Å². The van der Waals surface area contributed by atoms with Gasteiger partial charge < -0.3 is 9.18 Å². The molecule has 0 aliphatic heterocycles. The highest BCUT2D eigenvalue weighted by atomic mass is 31.1. The molecule has 0 bridgehead atoms. The van der Waals surface area contributed by atoms with Crippen molar-refractivity contribution in [1.29, 1.82) is 0 Å². The first-order valence-electron chi connectivity index (χ1n) is 5.38. The Morgan fingerprint density at radius 1 is 0.882 bits per heavy atom. The summed E-state index contributed by atoms with van der Waals surface area (Å²) in [6.45, 7) is 0. The van der Waals surface area contributed by atoms with Crippen LogP contribution >= 0.6 is 8.15 Å². The molecule has 0 spiro atoms. The van der Waals surface area contributed by atoms with Gasteiger partial charge in [0.05, 0.1) is 15.3 Å². The van der Waals surface area contributed by atoms with Gasteiger partial charge in [0.1, 0.15) is 5.75 Å². The first-order valence-corrected chi connectivity index (χ1v) is 6.64. The number of hydrogen-bond acceptors (Lipinski definition) is 2. The number of ether oxygens (including phenoxy) is 1. The van der Waals surface area contributed by atoms with Gasteiger partial charge in [-0.1, -0.05) is 30.3 Å². The van der Waals surface area contributed by atoms with E-state index >= 15 is 0 Å². The molecule has 2 rings (SSSR count). The van der Waals surface area contributed by atoms with Gasteiger partial charge in [0.15, 0.2) is 0 Å². The molecule has 0 aliphatic rings. The zero-order valence-corrected chi connectivity index (χ0v) is 10.9. The lowest BCUT2D eigenvalue weighted by atomic mass is 10.3. The van der Waals surface area contributed by atoms with Gasteiger partial charge in [0.25, 0.3) is 8.05 Å². The quantitative estimate of drug-likeness (QED) is 0.600. The fourth-order valence-electron chi connectivity index (χ4n) is 1.64. The number of benzene rings is 2. The molecule has 2 aromatic carbocycles. The number of methoxy groups -OCH3 is 1. The van der Waals surface area contributed by atoms with Gasteiger partial charge in [-0.25, -0.2) is 0 Å². The highest BCUT2D eigenvalue weighted by Crippen LogP contribution is 2.33. The summed E-state index contributed by atoms with van der Waals surface area (Å²) in [6.07, 6.45) is 0. The first-order chi connectivity index (χ1) is 8.35. The second-order valence-electron chi connectivity index (χ2n) is 3.51. The van der Waals surface area contributed by atoms with Crippen LogP contribution in [-0.2, 0) is 4.44 Å². The molecule has 0 N–H and O–H groups in total. The smallest absolute Gasteiger partial charge is 0.263 e. The molecule has 0 heterocycles. The minimum absolute atomic E-state index is 0.722. The van der Waals surface area contributed by atoms with Gasteiger partial charge >= 0.3 is 0 Å². The fourth-order valence-corrected chi connectivity index (χ4v) is 3.22. The molecule has 0 unspecified atom stereocenters. The maximum atomic E-state index is 5.62. The van der Waals surface area contributed by atoms with Crippen LogP contribution in [-0.4, -0.2) is 15.2 Å². The Morgan fingerprint density at radius 2 is 1.47 bits per heavy atom. The Hall–Kier alpha value is -1.31. The molecule has 0 aliphatic carbocycles. The maximum absolute atomic E-state index is 5.62. The van der Waals surface area contributed by atoms with E-state index in [1.54, 1.807) is 15.2 Å². The third-order valence-electron chi connectivity index (χ3n) is 2.48. The maximum Gasteiger partial charge on any atom is 0.263 e. The van der Waals surface area contributed by atoms with Gasteiger partial charge in [0.2, 0.25) is 0 Å². The lowest BCUT2D eigenvalue weighted by Gasteiger charge is -2.16. The Morgan fingerprint density at radius 3 is 2.00 bits per heavy atom. The molecule has 86 valence electrons. The molecular formula is C13H14BO2P. The fraction of sp³-hybridized carbons (Fsp3) is 0.0769. The summed E-state index contributed by atoms with van der Waals surface area (Å²) in [5, 5.41) is 2.41. The third kappa shape index (κ3) is 2.88. The molecule has 2 aromatic rings. The van der Waals surface area contributed by atoms with Crippen LogP contribution in [0.4, 0.5) is 0 Å². The molecule has 0 aromatic heterocycles. The lowest BCUT2D eigenvalue weighted by molar-refractivity contribution is 0.415. The minimum Gasteiger partial charge on any atom is -0.497 e. The highest BCUT2D eigenvalue weighted by molar-refractivity contribution is 7.69. The van der Waals surface area contributed by atoms with E-state index in [0.717, 1.165) is 5.75 Å². The Balaban J connectivity index is 2.29. The minimum atomic E-state index is -0.722. The van der Waals surface area contributed by atoms with Crippen LogP contribution in [0, 0.1) is 0 Å². The molecule has 4 heteroatoms. The third-order valence-corrected chi connectivity index (χ3v) is 4.38. The predicted molar refractivity (Wildman–Crippen MR) is 75.3 cm³/mol. The number of hydrogen-bond donors (Lipinski definition) is 0. The highest BCUT2D eigenvalue weighted by Gasteiger charge is 2.12. The van der Waals surface area contributed by atoms with Crippen LogP contribution in [0.15, 0.2) is 54.6 Å². The van der Waals surface area contributed by atoms with E-state index in [1.165, 1.54) is 10.6 Å². The van der Waals surface area contributed by atoms with Crippen LogP contribution < -0.4 is 15.3 Å². The van der Waals surface area contributed by atoms with Crippen molar-refractivity contribution in [3.05, 3.63) is 54.6 Å². The molecule has 1 atom stereocenters. The SMILES string of the molecule is BO[P@](c1ccccc1)c1ccc(OC)cc1. The topological polar surface area (TPSA) is 18.5 Å². The second kappa shape index (κ2) is 5.86. The Bertz CT molecular complexity index is 459. The normalized spacial score (nSPS) is 12.1. The van der Waals surface area contributed by atoms with E-state index < -0.39 is 8.15 Å². The van der Waals surface area contributed by atoms with E-state index in [1.807, 2.05) is 30.3 Å². The van der Waals surface area contributed by atoms with Crippen molar-refractivity contribution >= 4 is 26.8 Å². The molecule has 0 saturated heterocycles. The summed E-state index contributed by atoms with van der Waals surface area (Å²) in [5.41, 5.74) is 0. The van der Waals surface area contributed by atoms with Crippen LogP contribution in [0.5, 0.6) is 5.75 Å². The van der Waals surface area contributed by atoms with E-state index in [9.17, 15) is 0 Å². The van der Waals surface area contributed by atoms with Gasteiger partial charge in [-0.3, -0.25) is 0 Å². The summed E-state index contributed by atoms with van der Waals surface area (Å²) in [7, 11) is 2.70. The largest absolute Gasteiger partial charge is 0.497 e. The second-order valence-corrected chi connectivity index (χ2v) is 5.50. The number of rotatable bonds is 4. The van der Waals surface area contributed by atoms with Gasteiger partial charge in [-0.15, -0.1) is 0 Å². The zero-order valence-electron chi connectivity index (χ0n) is 9.96. The molecule has 0 saturated carbocycles. The van der Waals surface area contributed by atoms with Crippen LogP contribution in [0.3, 0.4) is 0 Å². The molecule has 17 heavy (non-hydrogen) atoms. The first kappa shape index (κ1) is 12.2. The summed E-state index contributed by atoms with van der Waals surface area (Å²) in [5.74, 6) is 0.868. The zero-order chi connectivity index (χ0) is 12.1. The van der Waals surface area contributed by atoms with Gasteiger partial charge in [-0.2, -0.15) is 0 Å². The van der Waals surface area contributed by atoms with Crippen molar-refractivity contribution in [3.63, 3.8) is 0 Å². The lowest BCUT2D eigenvalue weighted by Crippen LogP contribution is -2.12. The van der Waals surface area contributed by atoms with E-state index in [4.69, 9.17) is 9.18 Å². The molecule has 2 nitrogen and oxygen atoms in total. The van der Waals surface area contributed by atoms with Crippen molar-refractivity contribution in [2.45, 2.75) is 0 Å². The van der Waals surface area contributed by atoms with Gasteiger partial charge in [0, 0.05) is 10.6 Å². The van der Waals surface area contributed by atoms with Crippen molar-refractivity contribution in [2.24, 2.45) is 0 Å². The van der Waals surface area contributed by atoms with E-state index in [0.29, 0.717) is 0 Å². The van der Waals surface area contributed by atoms with Gasteiger partial charge in [-0.05, 0) is 24.3 Å².